The van der Waals surface area contributed by atoms with E-state index in [0.717, 1.165) is 6.42 Å². The molecule has 88 valence electrons. The lowest BCUT2D eigenvalue weighted by Gasteiger charge is -2.27. The largest absolute Gasteiger partial charge is 0.383 e. The lowest BCUT2D eigenvalue weighted by molar-refractivity contribution is -0.147. The summed E-state index contributed by atoms with van der Waals surface area (Å²) in [7, 11) is 1.54. The summed E-state index contributed by atoms with van der Waals surface area (Å²) in [5, 5.41) is 0. The Morgan fingerprint density at radius 3 is 2.53 bits per heavy atom. The summed E-state index contributed by atoms with van der Waals surface area (Å²) in [6, 6.07) is -0.00931. The number of nitrogens with two attached hydrogens (primary N) is 1. The molecule has 6 heteroatoms. The van der Waals surface area contributed by atoms with Crippen molar-refractivity contribution in [3.63, 3.8) is 0 Å². The molecule has 1 atom stereocenters. The van der Waals surface area contributed by atoms with E-state index in [2.05, 4.69) is 0 Å². The molecule has 3 N–H and O–H groups in total. The van der Waals surface area contributed by atoms with E-state index in [1.54, 1.807) is 7.11 Å². The standard InChI is InChI=1S/C9H19N3O3/c1-4-7(2)12(5-6-15-3)9(14)8(13)11-10/h7H,4-6,10H2,1-3H3,(H,11,13). The number of hydrogen-bond acceptors (Lipinski definition) is 4. The van der Waals surface area contributed by atoms with E-state index in [-0.39, 0.29) is 6.04 Å². The van der Waals surface area contributed by atoms with Gasteiger partial charge in [0, 0.05) is 19.7 Å². The first-order valence-corrected chi connectivity index (χ1v) is 4.88. The van der Waals surface area contributed by atoms with Crippen LogP contribution in [0.15, 0.2) is 0 Å². The Morgan fingerprint density at radius 1 is 1.53 bits per heavy atom. The van der Waals surface area contributed by atoms with E-state index in [4.69, 9.17) is 10.6 Å². The van der Waals surface area contributed by atoms with Crippen LogP contribution in [0.25, 0.3) is 0 Å². The van der Waals surface area contributed by atoms with Gasteiger partial charge < -0.3 is 9.64 Å². The molecule has 0 bridgehead atoms. The molecular formula is C9H19N3O3. The number of nitrogens with one attached hydrogen (secondary N) is 1. The van der Waals surface area contributed by atoms with E-state index >= 15 is 0 Å². The average molecular weight is 217 g/mol. The van der Waals surface area contributed by atoms with Crippen LogP contribution in [0.5, 0.6) is 0 Å². The molecule has 6 nitrogen and oxygen atoms in total. The molecule has 0 aliphatic carbocycles. The number of amides is 2. The van der Waals surface area contributed by atoms with Crippen LogP contribution in [0.2, 0.25) is 0 Å². The second-order valence-corrected chi connectivity index (χ2v) is 3.22. The smallest absolute Gasteiger partial charge is 0.323 e. The molecule has 0 heterocycles. The normalized spacial score (nSPS) is 12.0. The summed E-state index contributed by atoms with van der Waals surface area (Å²) >= 11 is 0. The minimum Gasteiger partial charge on any atom is -0.383 e. The molecule has 2 amide bonds. The molecule has 0 fully saturated rings. The van der Waals surface area contributed by atoms with Gasteiger partial charge in [-0.05, 0) is 13.3 Å². The van der Waals surface area contributed by atoms with Gasteiger partial charge in [-0.15, -0.1) is 0 Å². The highest BCUT2D eigenvalue weighted by Crippen LogP contribution is 2.03. The Labute approximate surface area is 89.7 Å². The molecule has 0 aromatic heterocycles. The minimum atomic E-state index is -0.800. The van der Waals surface area contributed by atoms with Crippen LogP contribution in [-0.2, 0) is 14.3 Å². The Morgan fingerprint density at radius 2 is 2.13 bits per heavy atom. The average Bonchev–Trinajstić information content (AvgIpc) is 2.27. The van der Waals surface area contributed by atoms with E-state index in [1.165, 1.54) is 4.90 Å². The van der Waals surface area contributed by atoms with Gasteiger partial charge in [0.2, 0.25) is 0 Å². The topological polar surface area (TPSA) is 84.7 Å². The fourth-order valence-corrected chi connectivity index (χ4v) is 1.12. The predicted octanol–water partition coefficient (Wildman–Crippen LogP) is -0.750. The number of ether oxygens (including phenoxy) is 1. The second-order valence-electron chi connectivity index (χ2n) is 3.22. The van der Waals surface area contributed by atoms with Gasteiger partial charge in [0.25, 0.3) is 0 Å². The van der Waals surface area contributed by atoms with E-state index in [0.29, 0.717) is 13.2 Å². The molecule has 0 spiro atoms. The monoisotopic (exact) mass is 217 g/mol. The summed E-state index contributed by atoms with van der Waals surface area (Å²) in [5.41, 5.74) is 1.83. The van der Waals surface area contributed by atoms with Gasteiger partial charge in [-0.2, -0.15) is 0 Å². The van der Waals surface area contributed by atoms with Crippen molar-refractivity contribution >= 4 is 11.8 Å². The van der Waals surface area contributed by atoms with Crippen molar-refractivity contribution in [2.45, 2.75) is 26.3 Å². The minimum absolute atomic E-state index is 0.00931. The molecule has 0 rings (SSSR count). The van der Waals surface area contributed by atoms with Crippen LogP contribution in [0.4, 0.5) is 0 Å². The van der Waals surface area contributed by atoms with Crippen molar-refractivity contribution in [3.8, 4) is 0 Å². The van der Waals surface area contributed by atoms with Crippen LogP contribution in [0.3, 0.4) is 0 Å². The number of nitrogens with zero attached hydrogens (tertiary/aromatic N) is 1. The Hall–Kier alpha value is -1.14. The van der Waals surface area contributed by atoms with Gasteiger partial charge in [-0.1, -0.05) is 6.92 Å². The van der Waals surface area contributed by atoms with Crippen molar-refractivity contribution in [1.29, 1.82) is 0 Å². The Balaban J connectivity index is 4.47. The fourth-order valence-electron chi connectivity index (χ4n) is 1.12. The van der Waals surface area contributed by atoms with Gasteiger partial charge in [0.15, 0.2) is 0 Å². The lowest BCUT2D eigenvalue weighted by atomic mass is 10.2. The SMILES string of the molecule is CCC(C)N(CCOC)C(=O)C(=O)NN. The molecule has 1 unspecified atom stereocenters. The highest BCUT2D eigenvalue weighted by molar-refractivity contribution is 6.34. The molecule has 0 saturated carbocycles. The number of carbonyl (C=O) groups excluding carboxylic acids is 2. The number of hydrazine groups is 1. The Bertz CT molecular complexity index is 221. The fraction of sp³-hybridized carbons (Fsp3) is 0.778. The number of methoxy groups -OCH3 is 1. The predicted molar refractivity (Wildman–Crippen MR) is 55.7 cm³/mol. The van der Waals surface area contributed by atoms with Crippen molar-refractivity contribution in [2.75, 3.05) is 20.3 Å². The lowest BCUT2D eigenvalue weighted by Crippen LogP contribution is -2.49. The molecule has 0 saturated heterocycles. The third kappa shape index (κ3) is 4.26. The maximum Gasteiger partial charge on any atom is 0.323 e. The van der Waals surface area contributed by atoms with Crippen molar-refractivity contribution < 1.29 is 14.3 Å². The Kier molecular flexibility index (Phi) is 6.64. The third-order valence-corrected chi connectivity index (χ3v) is 2.25. The molecule has 0 aromatic rings. The molecule has 15 heavy (non-hydrogen) atoms. The van der Waals surface area contributed by atoms with Crippen LogP contribution in [0, 0.1) is 0 Å². The maximum atomic E-state index is 11.6. The summed E-state index contributed by atoms with van der Waals surface area (Å²) in [4.78, 5) is 24.1. The first-order valence-electron chi connectivity index (χ1n) is 4.88. The number of hydrogen-bond donors (Lipinski definition) is 2. The number of rotatable bonds is 5. The first kappa shape index (κ1) is 13.9. The summed E-state index contributed by atoms with van der Waals surface area (Å²) in [6.07, 6.45) is 0.771. The van der Waals surface area contributed by atoms with Crippen molar-refractivity contribution in [1.82, 2.24) is 10.3 Å². The zero-order valence-electron chi connectivity index (χ0n) is 9.45. The van der Waals surface area contributed by atoms with Gasteiger partial charge in [0.05, 0.1) is 6.61 Å². The molecule has 0 aromatic carbocycles. The zero-order valence-corrected chi connectivity index (χ0v) is 9.45. The van der Waals surface area contributed by atoms with Crippen molar-refractivity contribution in [2.24, 2.45) is 5.84 Å². The van der Waals surface area contributed by atoms with Gasteiger partial charge in [-0.3, -0.25) is 15.0 Å². The van der Waals surface area contributed by atoms with Crippen LogP contribution in [0.1, 0.15) is 20.3 Å². The van der Waals surface area contributed by atoms with Crippen LogP contribution < -0.4 is 11.3 Å². The van der Waals surface area contributed by atoms with E-state index in [1.807, 2.05) is 19.3 Å². The van der Waals surface area contributed by atoms with Gasteiger partial charge in [0.1, 0.15) is 0 Å². The van der Waals surface area contributed by atoms with Crippen molar-refractivity contribution in [3.05, 3.63) is 0 Å². The number of carbonyl (C=O) groups is 2. The first-order chi connectivity index (χ1) is 7.08. The molecular weight excluding hydrogens is 198 g/mol. The maximum absolute atomic E-state index is 11.6. The van der Waals surface area contributed by atoms with Crippen LogP contribution in [-0.4, -0.2) is 43.0 Å². The quantitative estimate of drug-likeness (QED) is 0.275. The highest BCUT2D eigenvalue weighted by atomic mass is 16.5. The molecule has 0 aliphatic rings. The van der Waals surface area contributed by atoms with Crippen LogP contribution >= 0.6 is 0 Å². The summed E-state index contributed by atoms with van der Waals surface area (Å²) in [5.74, 6) is 3.48. The third-order valence-electron chi connectivity index (χ3n) is 2.25. The second kappa shape index (κ2) is 7.19. The van der Waals surface area contributed by atoms with E-state index < -0.39 is 11.8 Å². The van der Waals surface area contributed by atoms with Gasteiger partial charge in [-0.25, -0.2) is 5.84 Å². The zero-order chi connectivity index (χ0) is 11.8. The summed E-state index contributed by atoms with van der Waals surface area (Å²) in [6.45, 7) is 4.60. The molecule has 0 aliphatic heterocycles. The van der Waals surface area contributed by atoms with E-state index in [9.17, 15) is 9.59 Å². The highest BCUT2D eigenvalue weighted by Gasteiger charge is 2.24. The summed E-state index contributed by atoms with van der Waals surface area (Å²) < 4.78 is 4.87. The van der Waals surface area contributed by atoms with Gasteiger partial charge >= 0.3 is 11.8 Å². The molecule has 0 radical (unpaired) electrons.